The smallest absolute Gasteiger partial charge is 0.192 e. The van der Waals surface area contributed by atoms with E-state index in [4.69, 9.17) is 0 Å². The highest BCUT2D eigenvalue weighted by atomic mass is 32.2. The molecular formula is C65H118OS. The maximum absolute atomic E-state index is 14.7. The van der Waals surface area contributed by atoms with Crippen molar-refractivity contribution in [2.75, 3.05) is 5.75 Å². The lowest BCUT2D eigenvalue weighted by Gasteiger charge is -2.50. The van der Waals surface area contributed by atoms with Crippen LogP contribution >= 0.6 is 11.8 Å². The summed E-state index contributed by atoms with van der Waals surface area (Å²) in [6, 6.07) is 0. The molecule has 1 saturated heterocycles. The third kappa shape index (κ3) is 19.4. The lowest BCUT2D eigenvalue weighted by Crippen LogP contribution is -2.39. The zero-order chi connectivity index (χ0) is 46.9. The minimum Gasteiger partial charge on any atom is -0.287 e. The molecule has 0 amide bonds. The van der Waals surface area contributed by atoms with Crippen LogP contribution in [0.1, 0.15) is 348 Å². The summed E-state index contributed by atoms with van der Waals surface area (Å²) in [6.07, 6.45) is 74.2. The average molecular weight is 948 g/mol. The van der Waals surface area contributed by atoms with Crippen LogP contribution in [0, 0.1) is 51.2 Å². The average Bonchev–Trinajstić information content (AvgIpc) is 3.28. The molecule has 0 aromatic heterocycles. The zero-order valence-corrected chi connectivity index (χ0v) is 46.8. The molecule has 1 aliphatic heterocycles. The summed E-state index contributed by atoms with van der Waals surface area (Å²) in [5, 5.41) is 0.616. The van der Waals surface area contributed by atoms with Gasteiger partial charge in [-0.05, 0) is 161 Å². The fourth-order valence-corrected chi connectivity index (χ4v) is 18.5. The number of fused-ring (bicyclic) bond motifs is 11. The second-order valence-electron chi connectivity index (χ2n) is 26.9. The van der Waals surface area contributed by atoms with Crippen LogP contribution in [0.5, 0.6) is 0 Å². The summed E-state index contributed by atoms with van der Waals surface area (Å²) in [5.41, 5.74) is 2.35. The minimum atomic E-state index is 0.297. The molecule has 0 radical (unpaired) electrons. The Morgan fingerprint density at radius 3 is 1.25 bits per heavy atom. The van der Waals surface area contributed by atoms with Gasteiger partial charge in [0.15, 0.2) is 5.12 Å². The van der Waals surface area contributed by atoms with E-state index in [9.17, 15) is 4.79 Å². The summed E-state index contributed by atoms with van der Waals surface area (Å²) in [7, 11) is 0. The molecule has 0 aromatic carbocycles. The van der Waals surface area contributed by atoms with E-state index in [1.54, 1.807) is 12.8 Å². The summed E-state index contributed by atoms with van der Waals surface area (Å²) in [4.78, 5) is 14.7. The van der Waals surface area contributed by atoms with Crippen molar-refractivity contribution in [3.63, 3.8) is 0 Å². The van der Waals surface area contributed by atoms with E-state index in [0.717, 1.165) is 35.8 Å². The van der Waals surface area contributed by atoms with Crippen molar-refractivity contribution in [3.8, 4) is 0 Å². The third-order valence-corrected chi connectivity index (χ3v) is 23.0. The van der Waals surface area contributed by atoms with Crippen molar-refractivity contribution in [1.82, 2.24) is 0 Å². The van der Waals surface area contributed by atoms with Gasteiger partial charge in [-0.25, -0.2) is 0 Å². The van der Waals surface area contributed by atoms with Crippen LogP contribution in [0.15, 0.2) is 0 Å². The molecule has 0 aromatic rings. The van der Waals surface area contributed by atoms with Gasteiger partial charge < -0.3 is 0 Å². The van der Waals surface area contributed by atoms with Crippen LogP contribution < -0.4 is 0 Å². The van der Waals surface area contributed by atoms with Gasteiger partial charge >= 0.3 is 0 Å². The molecule has 6 aliphatic rings. The second kappa shape index (κ2) is 30.9. The summed E-state index contributed by atoms with van der Waals surface area (Å²) >= 11 is 1.89. The molecule has 390 valence electrons. The number of thioether (sulfide) groups is 1. The van der Waals surface area contributed by atoms with E-state index in [1.165, 1.54) is 308 Å². The first-order chi connectivity index (χ1) is 32.8. The number of hydrogen-bond donors (Lipinski definition) is 0. The number of carbonyl (C=O) groups excluding carboxylic acids is 1. The van der Waals surface area contributed by atoms with Crippen molar-refractivity contribution < 1.29 is 4.79 Å². The van der Waals surface area contributed by atoms with Crippen molar-refractivity contribution in [2.45, 2.75) is 348 Å². The third-order valence-electron chi connectivity index (χ3n) is 21.8. The Morgan fingerprint density at radius 2 is 0.761 bits per heavy atom. The summed E-state index contributed by atoms with van der Waals surface area (Å²) < 4.78 is 0. The van der Waals surface area contributed by atoms with Gasteiger partial charge in [0.25, 0.3) is 0 Å². The van der Waals surface area contributed by atoms with E-state index in [1.807, 2.05) is 11.8 Å². The Balaban J connectivity index is 1.18. The van der Waals surface area contributed by atoms with Gasteiger partial charge in [0.2, 0.25) is 0 Å². The molecule has 5 atom stereocenters. The van der Waals surface area contributed by atoms with Gasteiger partial charge in [0.1, 0.15) is 0 Å². The number of carbonyl (C=O) groups is 1. The molecule has 1 heterocycles. The van der Waals surface area contributed by atoms with Crippen LogP contribution in [0.25, 0.3) is 0 Å². The largest absolute Gasteiger partial charge is 0.287 e. The summed E-state index contributed by atoms with van der Waals surface area (Å²) in [6.45, 7) is 7.47. The van der Waals surface area contributed by atoms with Crippen LogP contribution in [-0.2, 0) is 4.79 Å². The van der Waals surface area contributed by atoms with Gasteiger partial charge in [-0.3, -0.25) is 4.79 Å². The minimum absolute atomic E-state index is 0.297. The molecule has 67 heavy (non-hydrogen) atoms. The van der Waals surface area contributed by atoms with Gasteiger partial charge in [0, 0.05) is 11.7 Å². The van der Waals surface area contributed by atoms with Crippen molar-refractivity contribution >= 4 is 16.9 Å². The fourth-order valence-electron chi connectivity index (χ4n) is 17.2. The Bertz CT molecular complexity index is 1270. The normalized spacial score (nSPS) is 38.7. The first-order valence-electron chi connectivity index (χ1n) is 31.9. The monoisotopic (exact) mass is 947 g/mol. The number of hydrogen-bond acceptors (Lipinski definition) is 2. The molecule has 5 saturated carbocycles. The molecule has 3 bridgehead atoms. The Labute approximate surface area is 424 Å². The van der Waals surface area contributed by atoms with Crippen molar-refractivity contribution in [2.24, 2.45) is 51.2 Å². The maximum Gasteiger partial charge on any atom is 0.192 e. The van der Waals surface area contributed by atoms with Gasteiger partial charge in [-0.2, -0.15) is 0 Å². The SMILES string of the molecule is CCCCC1CCCC2CCCCCCCCCCCC(C)CCCC3(CCCCCCCC2)CCCC2(CCCC4(CCCC5(CCCC(C)CCC5)CCC4)CCC2)C(CC3)CSC1=O. The first kappa shape index (κ1) is 56.3. The molecule has 6 rings (SSSR count). The maximum atomic E-state index is 14.7. The highest BCUT2D eigenvalue weighted by Gasteiger charge is 2.45. The Kier molecular flexibility index (Phi) is 26.0. The molecule has 6 fully saturated rings. The molecule has 0 N–H and O–H groups in total. The topological polar surface area (TPSA) is 17.1 Å². The van der Waals surface area contributed by atoms with E-state index in [-0.39, 0.29) is 0 Å². The van der Waals surface area contributed by atoms with Crippen LogP contribution in [0.3, 0.4) is 0 Å². The quantitative estimate of drug-likeness (QED) is 0.280. The van der Waals surface area contributed by atoms with Crippen LogP contribution in [0.4, 0.5) is 0 Å². The predicted molar refractivity (Wildman–Crippen MR) is 297 cm³/mol. The Morgan fingerprint density at radius 1 is 0.388 bits per heavy atom. The highest BCUT2D eigenvalue weighted by molar-refractivity contribution is 8.13. The molecule has 5 aliphatic carbocycles. The molecule has 1 nitrogen and oxygen atoms in total. The van der Waals surface area contributed by atoms with Crippen LogP contribution in [-0.4, -0.2) is 10.9 Å². The molecular weight excluding hydrogens is 829 g/mol. The second-order valence-corrected chi connectivity index (χ2v) is 28.0. The van der Waals surface area contributed by atoms with Gasteiger partial charge in [0.05, 0.1) is 0 Å². The number of rotatable bonds is 3. The summed E-state index contributed by atoms with van der Waals surface area (Å²) in [5.74, 6) is 4.93. The van der Waals surface area contributed by atoms with Crippen molar-refractivity contribution in [1.29, 1.82) is 0 Å². The van der Waals surface area contributed by atoms with E-state index < -0.39 is 0 Å². The molecule has 4 spiro atoms. The molecule has 5 unspecified atom stereocenters. The van der Waals surface area contributed by atoms with Gasteiger partial charge in [-0.15, -0.1) is 0 Å². The zero-order valence-electron chi connectivity index (χ0n) is 46.0. The Hall–Kier alpha value is 0.0200. The lowest BCUT2D eigenvalue weighted by atomic mass is 9.56. The van der Waals surface area contributed by atoms with E-state index in [2.05, 4.69) is 20.8 Å². The molecule has 2 heteroatoms. The van der Waals surface area contributed by atoms with Crippen molar-refractivity contribution in [3.05, 3.63) is 0 Å². The van der Waals surface area contributed by atoms with E-state index in [0.29, 0.717) is 32.7 Å². The fraction of sp³-hybridized carbons (Fsp3) is 0.985. The highest BCUT2D eigenvalue weighted by Crippen LogP contribution is 2.57. The number of unbranched alkanes of at least 4 members (excludes halogenated alkanes) is 1. The van der Waals surface area contributed by atoms with Crippen LogP contribution in [0.2, 0.25) is 0 Å². The lowest BCUT2D eigenvalue weighted by molar-refractivity contribution is -0.114. The van der Waals surface area contributed by atoms with E-state index >= 15 is 0 Å². The predicted octanol–water partition coefficient (Wildman–Crippen LogP) is 22.3. The first-order valence-corrected chi connectivity index (χ1v) is 32.9. The van der Waals surface area contributed by atoms with Gasteiger partial charge in [-0.1, -0.05) is 244 Å². The standard InChI is InChI=1S/C65H118OS/c1-4-5-37-59-38-21-36-58-34-18-14-10-8-6-7-9-13-17-30-56(2)31-24-43-64(40-20-16-12-11-15-19-35-58)50-29-53-65(60(39-54-64)55-67-61(59)66)51-27-48-63(49-28-52-65)46-25-44-62(45-26-47-63)41-22-32-57(3)33-23-42-62/h56-60H,4-55H2,1-3H3.